The van der Waals surface area contributed by atoms with Crippen molar-refractivity contribution < 1.29 is 19.1 Å². The lowest BCUT2D eigenvalue weighted by atomic mass is 10.2. The van der Waals surface area contributed by atoms with Gasteiger partial charge in [0.15, 0.2) is 5.82 Å². The minimum absolute atomic E-state index is 0.166. The summed E-state index contributed by atoms with van der Waals surface area (Å²) in [6.45, 7) is 13.3. The van der Waals surface area contributed by atoms with E-state index in [0.717, 1.165) is 28.7 Å². The van der Waals surface area contributed by atoms with Gasteiger partial charge in [0, 0.05) is 36.8 Å². The van der Waals surface area contributed by atoms with Gasteiger partial charge in [0.1, 0.15) is 18.0 Å². The molecule has 2 N–H and O–H groups in total. The van der Waals surface area contributed by atoms with E-state index in [-0.39, 0.29) is 17.8 Å². The van der Waals surface area contributed by atoms with Gasteiger partial charge in [0.25, 0.3) is 5.91 Å². The molecule has 2 aromatic heterocycles. The average molecular weight is 526 g/mol. The molecule has 0 unspecified atom stereocenters. The molecule has 1 aliphatic rings. The first-order valence-corrected chi connectivity index (χ1v) is 15.4. The Hall–Kier alpha value is -1.91. The summed E-state index contributed by atoms with van der Waals surface area (Å²) in [4.78, 5) is 29.9. The van der Waals surface area contributed by atoms with Gasteiger partial charge in [-0.25, -0.2) is 9.78 Å². The summed E-state index contributed by atoms with van der Waals surface area (Å²) in [5, 5.41) is 6.40. The van der Waals surface area contributed by atoms with Crippen molar-refractivity contribution in [2.24, 2.45) is 0 Å². The number of ether oxygens (including phenoxy) is 2. The highest BCUT2D eigenvalue weighted by atomic mass is 79.9. The molecule has 0 bridgehead atoms. The molecule has 3 rings (SSSR count). The van der Waals surface area contributed by atoms with Crippen molar-refractivity contribution >= 4 is 52.9 Å². The van der Waals surface area contributed by atoms with Gasteiger partial charge in [-0.1, -0.05) is 19.6 Å². The molecule has 2 aromatic rings. The van der Waals surface area contributed by atoms with Crippen molar-refractivity contribution in [3.63, 3.8) is 0 Å². The molecule has 2 heterocycles. The maximum absolute atomic E-state index is 12.9. The first kappa shape index (κ1) is 24.7. The lowest BCUT2D eigenvalue weighted by molar-refractivity contribution is 0.0635. The third kappa shape index (κ3) is 7.04. The Bertz CT molecular complexity index is 1010. The van der Waals surface area contributed by atoms with Crippen LogP contribution in [0.15, 0.2) is 16.7 Å². The SMILES string of the molecule is CC(C)(C)OC(=O)Nc1nc2c(cc1C(=O)NC1CC1)c(Br)cn2COCC[Si](C)(C)C. The molecular weight excluding hydrogens is 492 g/mol. The maximum Gasteiger partial charge on any atom is 0.413 e. The van der Waals surface area contributed by atoms with Gasteiger partial charge in [0.2, 0.25) is 0 Å². The number of fused-ring (bicyclic) bond motifs is 1. The summed E-state index contributed by atoms with van der Waals surface area (Å²) in [5.74, 6) is -0.0992. The molecular formula is C22H33BrN4O4Si. The molecule has 0 aromatic carbocycles. The van der Waals surface area contributed by atoms with Gasteiger partial charge in [-0.05, 0) is 61.7 Å². The second kappa shape index (κ2) is 9.52. The van der Waals surface area contributed by atoms with Crippen LogP contribution in [0, 0.1) is 0 Å². The number of rotatable bonds is 8. The van der Waals surface area contributed by atoms with E-state index >= 15 is 0 Å². The van der Waals surface area contributed by atoms with Gasteiger partial charge in [0.05, 0.1) is 5.56 Å². The molecule has 10 heteroatoms. The summed E-state index contributed by atoms with van der Waals surface area (Å²) in [6.07, 6.45) is 3.15. The summed E-state index contributed by atoms with van der Waals surface area (Å²) < 4.78 is 13.9. The molecule has 1 aliphatic carbocycles. The van der Waals surface area contributed by atoms with Crippen LogP contribution in [0.3, 0.4) is 0 Å². The topological polar surface area (TPSA) is 94.5 Å². The summed E-state index contributed by atoms with van der Waals surface area (Å²) >= 11 is 3.57. The van der Waals surface area contributed by atoms with Crippen molar-refractivity contribution in [2.75, 3.05) is 11.9 Å². The van der Waals surface area contributed by atoms with Gasteiger partial charge in [-0.3, -0.25) is 10.1 Å². The van der Waals surface area contributed by atoms with E-state index in [4.69, 9.17) is 9.47 Å². The highest BCUT2D eigenvalue weighted by Gasteiger charge is 2.27. The van der Waals surface area contributed by atoms with Crippen molar-refractivity contribution in [3.05, 3.63) is 22.3 Å². The quantitative estimate of drug-likeness (QED) is 0.358. The van der Waals surface area contributed by atoms with Crippen molar-refractivity contribution in [1.82, 2.24) is 14.9 Å². The van der Waals surface area contributed by atoms with Crippen LogP contribution >= 0.6 is 15.9 Å². The van der Waals surface area contributed by atoms with Crippen LogP contribution in [0.1, 0.15) is 44.0 Å². The van der Waals surface area contributed by atoms with Crippen LogP contribution in [0.4, 0.5) is 10.6 Å². The number of hydrogen-bond donors (Lipinski definition) is 2. The summed E-state index contributed by atoms with van der Waals surface area (Å²) in [5.41, 5.74) is 0.241. The van der Waals surface area contributed by atoms with E-state index in [1.165, 1.54) is 0 Å². The second-order valence-corrected chi connectivity index (χ2v) is 16.9. The monoisotopic (exact) mass is 524 g/mol. The van der Waals surface area contributed by atoms with Gasteiger partial charge in [-0.2, -0.15) is 0 Å². The van der Waals surface area contributed by atoms with E-state index in [2.05, 4.69) is 51.2 Å². The Morgan fingerprint density at radius 3 is 2.56 bits per heavy atom. The number of nitrogens with one attached hydrogen (secondary N) is 2. The van der Waals surface area contributed by atoms with Crippen molar-refractivity contribution in [3.8, 4) is 0 Å². The van der Waals surface area contributed by atoms with E-state index in [1.807, 2.05) is 10.8 Å². The predicted octanol–water partition coefficient (Wildman–Crippen LogP) is 5.35. The first-order chi connectivity index (χ1) is 14.8. The predicted molar refractivity (Wildman–Crippen MR) is 132 cm³/mol. The highest BCUT2D eigenvalue weighted by Crippen LogP contribution is 2.30. The normalized spacial score (nSPS) is 14.5. The number of nitrogens with zero attached hydrogens (tertiary/aromatic N) is 2. The van der Waals surface area contributed by atoms with Gasteiger partial charge >= 0.3 is 6.09 Å². The van der Waals surface area contributed by atoms with Crippen LogP contribution in [0.25, 0.3) is 11.0 Å². The Morgan fingerprint density at radius 2 is 1.97 bits per heavy atom. The average Bonchev–Trinajstić information content (AvgIpc) is 3.39. The minimum Gasteiger partial charge on any atom is -0.444 e. The van der Waals surface area contributed by atoms with E-state index in [0.29, 0.717) is 24.5 Å². The van der Waals surface area contributed by atoms with Gasteiger partial charge < -0.3 is 19.4 Å². The standard InChI is InChI=1S/C22H33BrN4O4Si/c1-22(2,3)31-21(29)26-18-16(20(28)24-14-7-8-14)11-15-17(23)12-27(19(15)25-18)13-30-9-10-32(4,5)6/h11-12,14H,7-10,13H2,1-6H3,(H,24,28)(H,25,26,29). The molecule has 0 saturated heterocycles. The summed E-state index contributed by atoms with van der Waals surface area (Å²) in [7, 11) is -1.18. The Morgan fingerprint density at radius 1 is 1.28 bits per heavy atom. The van der Waals surface area contributed by atoms with Crippen LogP contribution in [-0.4, -0.2) is 47.9 Å². The zero-order valence-corrected chi connectivity index (χ0v) is 22.3. The Labute approximate surface area is 198 Å². The second-order valence-electron chi connectivity index (χ2n) is 10.4. The Kier molecular flexibility index (Phi) is 7.36. The molecule has 1 fully saturated rings. The molecule has 0 aliphatic heterocycles. The third-order valence-corrected chi connectivity index (χ3v) is 7.14. The van der Waals surface area contributed by atoms with E-state index in [1.54, 1.807) is 26.8 Å². The molecule has 0 spiro atoms. The largest absolute Gasteiger partial charge is 0.444 e. The number of anilines is 1. The number of carbonyl (C=O) groups is 2. The minimum atomic E-state index is -1.18. The number of amides is 2. The van der Waals surface area contributed by atoms with Gasteiger partial charge in [-0.15, -0.1) is 0 Å². The smallest absolute Gasteiger partial charge is 0.413 e. The van der Waals surface area contributed by atoms with E-state index in [9.17, 15) is 9.59 Å². The maximum atomic E-state index is 12.9. The molecule has 176 valence electrons. The fraction of sp³-hybridized carbons (Fsp3) is 0.591. The van der Waals surface area contributed by atoms with E-state index < -0.39 is 19.8 Å². The summed E-state index contributed by atoms with van der Waals surface area (Å²) in [6, 6.07) is 2.99. The highest BCUT2D eigenvalue weighted by molar-refractivity contribution is 9.10. The molecule has 32 heavy (non-hydrogen) atoms. The number of aromatic nitrogens is 2. The van der Waals surface area contributed by atoms with Crippen molar-refractivity contribution in [1.29, 1.82) is 0 Å². The molecule has 2 amide bonds. The lowest BCUT2D eigenvalue weighted by Gasteiger charge is -2.20. The van der Waals surface area contributed by atoms with Crippen LogP contribution in [0.5, 0.6) is 0 Å². The fourth-order valence-electron chi connectivity index (χ4n) is 2.96. The molecule has 8 nitrogen and oxygen atoms in total. The number of halogens is 1. The molecule has 0 atom stereocenters. The zero-order valence-electron chi connectivity index (χ0n) is 19.7. The lowest BCUT2D eigenvalue weighted by Crippen LogP contribution is -2.30. The molecule has 1 saturated carbocycles. The number of hydrogen-bond acceptors (Lipinski definition) is 5. The first-order valence-electron chi connectivity index (χ1n) is 10.9. The van der Waals surface area contributed by atoms with Crippen molar-refractivity contribution in [2.45, 2.75) is 77.7 Å². The number of pyridine rings is 1. The number of carbonyl (C=O) groups excluding carboxylic acids is 2. The molecule has 0 radical (unpaired) electrons. The van der Waals surface area contributed by atoms with Crippen LogP contribution < -0.4 is 10.6 Å². The third-order valence-electron chi connectivity index (χ3n) is 4.80. The van der Waals surface area contributed by atoms with Crippen LogP contribution in [0.2, 0.25) is 25.7 Å². The van der Waals surface area contributed by atoms with Crippen LogP contribution in [-0.2, 0) is 16.2 Å². The zero-order chi connectivity index (χ0) is 23.7. The fourth-order valence-corrected chi connectivity index (χ4v) is 4.26. The Balaban J connectivity index is 1.89.